The van der Waals surface area contributed by atoms with Crippen LogP contribution >= 0.6 is 0 Å². The Labute approximate surface area is 160 Å². The first-order valence-corrected chi connectivity index (χ1v) is 9.63. The van der Waals surface area contributed by atoms with Crippen LogP contribution < -0.4 is 19.3 Å². The number of benzene rings is 2. The summed E-state index contributed by atoms with van der Waals surface area (Å²) in [6.45, 7) is 2.89. The second-order valence-corrected chi connectivity index (χ2v) is 7.11. The Kier molecular flexibility index (Phi) is 4.92. The van der Waals surface area contributed by atoms with E-state index in [-0.39, 0.29) is 5.91 Å². The van der Waals surface area contributed by atoms with Crippen molar-refractivity contribution in [3.8, 4) is 11.5 Å². The third-order valence-corrected chi connectivity index (χ3v) is 5.55. The lowest BCUT2D eigenvalue weighted by Crippen LogP contribution is -2.36. The number of carbonyl (C=O) groups excluding carboxylic acids is 1. The highest BCUT2D eigenvalue weighted by molar-refractivity contribution is 6.10. The van der Waals surface area contributed by atoms with Gasteiger partial charge in [-0.3, -0.25) is 4.79 Å². The molecule has 5 nitrogen and oxygen atoms in total. The van der Waals surface area contributed by atoms with Gasteiger partial charge in [0, 0.05) is 31.0 Å². The molecule has 4 rings (SSSR count). The molecule has 1 amide bonds. The number of ether oxygens (including phenoxy) is 2. The Bertz CT molecular complexity index is 821. The molecule has 2 aliphatic heterocycles. The number of anilines is 2. The molecular weight excluding hydrogens is 340 g/mol. The van der Waals surface area contributed by atoms with E-state index in [9.17, 15) is 4.79 Å². The summed E-state index contributed by atoms with van der Waals surface area (Å²) in [4.78, 5) is 17.8. The molecule has 0 N–H and O–H groups in total. The molecule has 2 aliphatic rings. The van der Waals surface area contributed by atoms with E-state index in [1.165, 1.54) is 24.1 Å². The van der Waals surface area contributed by atoms with Crippen molar-refractivity contribution in [3.63, 3.8) is 0 Å². The van der Waals surface area contributed by atoms with Gasteiger partial charge in [-0.1, -0.05) is 12.1 Å². The number of aryl methyl sites for hydroxylation is 1. The summed E-state index contributed by atoms with van der Waals surface area (Å²) in [5.41, 5.74) is 3.94. The van der Waals surface area contributed by atoms with Gasteiger partial charge in [-0.15, -0.1) is 0 Å². The molecule has 0 bridgehead atoms. The molecule has 0 aromatic heterocycles. The molecular formula is C22H26N2O3. The van der Waals surface area contributed by atoms with Crippen LogP contribution in [0.25, 0.3) is 0 Å². The number of fused-ring (bicyclic) bond motifs is 1. The van der Waals surface area contributed by atoms with Crippen molar-refractivity contribution >= 4 is 17.3 Å². The topological polar surface area (TPSA) is 42.0 Å². The van der Waals surface area contributed by atoms with Crippen molar-refractivity contribution in [3.05, 3.63) is 47.5 Å². The Hall–Kier alpha value is -2.69. The predicted molar refractivity (Wildman–Crippen MR) is 107 cm³/mol. The van der Waals surface area contributed by atoms with Crippen LogP contribution in [0.15, 0.2) is 36.4 Å². The van der Waals surface area contributed by atoms with Crippen LogP contribution in [0.1, 0.15) is 35.2 Å². The summed E-state index contributed by atoms with van der Waals surface area (Å²) >= 11 is 0. The zero-order valence-corrected chi connectivity index (χ0v) is 16.0. The first kappa shape index (κ1) is 17.7. The van der Waals surface area contributed by atoms with E-state index in [1.54, 1.807) is 26.4 Å². The van der Waals surface area contributed by atoms with Gasteiger partial charge in [-0.05, 0) is 55.5 Å². The number of rotatable bonds is 4. The van der Waals surface area contributed by atoms with Gasteiger partial charge in [-0.2, -0.15) is 0 Å². The predicted octanol–water partition coefficient (Wildman–Crippen LogP) is 3.90. The Morgan fingerprint density at radius 1 is 0.926 bits per heavy atom. The van der Waals surface area contributed by atoms with Gasteiger partial charge in [0.1, 0.15) is 17.1 Å². The number of hydrogen-bond donors (Lipinski definition) is 0. The summed E-state index contributed by atoms with van der Waals surface area (Å²) < 4.78 is 10.9. The van der Waals surface area contributed by atoms with Gasteiger partial charge < -0.3 is 19.3 Å². The summed E-state index contributed by atoms with van der Waals surface area (Å²) in [6.07, 6.45) is 4.43. The average Bonchev–Trinajstić information content (AvgIpc) is 3.26. The Morgan fingerprint density at radius 3 is 2.30 bits per heavy atom. The van der Waals surface area contributed by atoms with Crippen LogP contribution in [0.3, 0.4) is 0 Å². The van der Waals surface area contributed by atoms with Gasteiger partial charge >= 0.3 is 0 Å². The van der Waals surface area contributed by atoms with E-state index in [2.05, 4.69) is 23.1 Å². The number of hydrogen-bond acceptors (Lipinski definition) is 4. The van der Waals surface area contributed by atoms with Crippen LogP contribution in [0, 0.1) is 0 Å². The monoisotopic (exact) mass is 366 g/mol. The van der Waals surface area contributed by atoms with E-state index in [4.69, 9.17) is 9.47 Å². The minimum absolute atomic E-state index is 0.0659. The molecule has 27 heavy (non-hydrogen) atoms. The zero-order valence-electron chi connectivity index (χ0n) is 16.0. The van der Waals surface area contributed by atoms with Gasteiger partial charge in [0.15, 0.2) is 0 Å². The fourth-order valence-corrected chi connectivity index (χ4v) is 4.14. The van der Waals surface area contributed by atoms with Crippen molar-refractivity contribution in [2.45, 2.75) is 25.7 Å². The highest BCUT2D eigenvalue weighted by Crippen LogP contribution is 2.36. The molecule has 0 atom stereocenters. The number of carbonyl (C=O) groups is 1. The smallest absolute Gasteiger partial charge is 0.265 e. The number of methoxy groups -OCH3 is 2. The van der Waals surface area contributed by atoms with Crippen LogP contribution in [0.5, 0.6) is 11.5 Å². The van der Waals surface area contributed by atoms with Gasteiger partial charge in [0.2, 0.25) is 0 Å². The molecule has 0 unspecified atom stereocenters. The highest BCUT2D eigenvalue weighted by Gasteiger charge is 2.29. The molecule has 142 valence electrons. The first-order chi connectivity index (χ1) is 13.2. The van der Waals surface area contributed by atoms with Gasteiger partial charge in [0.25, 0.3) is 5.91 Å². The standard InChI is InChI=1S/C22H26N2O3/c1-26-19-8-5-9-20(27-2)21(19)22(25)24-14-6-7-16-10-11-17(15-18(16)24)23-12-3-4-13-23/h5,8-11,15H,3-4,6-7,12-14H2,1-2H3. The lowest BCUT2D eigenvalue weighted by Gasteiger charge is -2.32. The minimum Gasteiger partial charge on any atom is -0.496 e. The third-order valence-electron chi connectivity index (χ3n) is 5.55. The average molecular weight is 366 g/mol. The lowest BCUT2D eigenvalue weighted by atomic mass is 9.99. The normalized spacial score (nSPS) is 16.2. The molecule has 2 aromatic rings. The summed E-state index contributed by atoms with van der Waals surface area (Å²) in [6, 6.07) is 12.0. The SMILES string of the molecule is COc1cccc(OC)c1C(=O)N1CCCc2ccc(N3CCCC3)cc21. The van der Waals surface area contributed by atoms with E-state index < -0.39 is 0 Å². The van der Waals surface area contributed by atoms with Crippen molar-refractivity contribution in [1.29, 1.82) is 0 Å². The second-order valence-electron chi connectivity index (χ2n) is 7.11. The van der Waals surface area contributed by atoms with E-state index in [1.807, 2.05) is 11.0 Å². The van der Waals surface area contributed by atoms with Crippen molar-refractivity contribution in [1.82, 2.24) is 0 Å². The molecule has 0 aliphatic carbocycles. The maximum absolute atomic E-state index is 13.5. The van der Waals surface area contributed by atoms with E-state index >= 15 is 0 Å². The molecule has 5 heteroatoms. The fourth-order valence-electron chi connectivity index (χ4n) is 4.14. The van der Waals surface area contributed by atoms with Crippen LogP contribution in [0.2, 0.25) is 0 Å². The van der Waals surface area contributed by atoms with Crippen LogP contribution in [-0.4, -0.2) is 39.8 Å². The summed E-state index contributed by atoms with van der Waals surface area (Å²) in [5.74, 6) is 1.02. The summed E-state index contributed by atoms with van der Waals surface area (Å²) in [5, 5.41) is 0. The third kappa shape index (κ3) is 3.22. The van der Waals surface area contributed by atoms with E-state index in [0.717, 1.165) is 31.6 Å². The summed E-state index contributed by atoms with van der Waals surface area (Å²) in [7, 11) is 3.17. The maximum Gasteiger partial charge on any atom is 0.265 e. The largest absolute Gasteiger partial charge is 0.496 e. The highest BCUT2D eigenvalue weighted by atomic mass is 16.5. The molecule has 1 saturated heterocycles. The number of amides is 1. The lowest BCUT2D eigenvalue weighted by molar-refractivity contribution is 0.0979. The van der Waals surface area contributed by atoms with Gasteiger partial charge in [0.05, 0.1) is 14.2 Å². The van der Waals surface area contributed by atoms with Gasteiger partial charge in [-0.25, -0.2) is 0 Å². The molecule has 2 heterocycles. The quantitative estimate of drug-likeness (QED) is 0.823. The van der Waals surface area contributed by atoms with Crippen molar-refractivity contribution in [2.75, 3.05) is 43.7 Å². The second kappa shape index (κ2) is 7.51. The molecule has 1 fully saturated rings. The van der Waals surface area contributed by atoms with Crippen molar-refractivity contribution < 1.29 is 14.3 Å². The van der Waals surface area contributed by atoms with Crippen LogP contribution in [-0.2, 0) is 6.42 Å². The molecule has 0 saturated carbocycles. The number of nitrogens with zero attached hydrogens (tertiary/aromatic N) is 2. The maximum atomic E-state index is 13.5. The molecule has 2 aromatic carbocycles. The Morgan fingerprint density at radius 2 is 1.63 bits per heavy atom. The van der Waals surface area contributed by atoms with Crippen LogP contribution in [0.4, 0.5) is 11.4 Å². The Balaban J connectivity index is 1.74. The van der Waals surface area contributed by atoms with E-state index in [0.29, 0.717) is 23.6 Å². The fraction of sp³-hybridized carbons (Fsp3) is 0.409. The molecule has 0 radical (unpaired) electrons. The first-order valence-electron chi connectivity index (χ1n) is 9.63. The van der Waals surface area contributed by atoms with Crippen molar-refractivity contribution in [2.24, 2.45) is 0 Å². The zero-order chi connectivity index (χ0) is 18.8. The molecule has 0 spiro atoms. The minimum atomic E-state index is -0.0659.